The molecule has 0 aliphatic carbocycles. The number of rotatable bonds is 9. The summed E-state index contributed by atoms with van der Waals surface area (Å²) in [6.45, 7) is 7.61. The maximum absolute atomic E-state index is 11.1. The fourth-order valence-electron chi connectivity index (χ4n) is 1.51. The van der Waals surface area contributed by atoms with Gasteiger partial charge in [-0.25, -0.2) is 0 Å². The molecule has 8 nitrogen and oxygen atoms in total. The van der Waals surface area contributed by atoms with Crippen LogP contribution < -0.4 is 20.7 Å². The van der Waals surface area contributed by atoms with Crippen molar-refractivity contribution < 1.29 is 9.53 Å². The van der Waals surface area contributed by atoms with Crippen molar-refractivity contribution in [1.82, 2.24) is 15.0 Å². The molecular formula is C12H22N6O2. The smallest absolute Gasteiger partial charge is 0.323 e. The lowest BCUT2D eigenvalue weighted by Crippen LogP contribution is -2.35. The number of likely N-dealkylation sites (N-methyl/N-ethyl adjacent to an activating group) is 1. The average Bonchev–Trinajstić information content (AvgIpc) is 2.42. The van der Waals surface area contributed by atoms with Crippen LogP contribution in [0.2, 0.25) is 0 Å². The second-order valence-electron chi connectivity index (χ2n) is 4.08. The first kappa shape index (κ1) is 15.9. The highest BCUT2D eigenvalue weighted by Gasteiger charge is 2.14. The Bertz CT molecular complexity index is 440. The molecule has 8 heteroatoms. The first-order valence-corrected chi connectivity index (χ1v) is 6.76. The van der Waals surface area contributed by atoms with Crippen molar-refractivity contribution in [2.24, 2.45) is 5.73 Å². The summed E-state index contributed by atoms with van der Waals surface area (Å²) in [4.78, 5) is 25.4. The summed E-state index contributed by atoms with van der Waals surface area (Å²) in [6.07, 6.45) is 0.948. The molecule has 3 N–H and O–H groups in total. The molecule has 1 aromatic rings. The van der Waals surface area contributed by atoms with Crippen LogP contribution in [0.4, 0.5) is 11.9 Å². The van der Waals surface area contributed by atoms with Crippen molar-refractivity contribution in [2.45, 2.75) is 27.2 Å². The van der Waals surface area contributed by atoms with Crippen molar-refractivity contribution in [1.29, 1.82) is 0 Å². The van der Waals surface area contributed by atoms with E-state index in [2.05, 4.69) is 20.3 Å². The third kappa shape index (κ3) is 4.87. The van der Waals surface area contributed by atoms with Gasteiger partial charge in [0.05, 0.1) is 13.2 Å². The zero-order chi connectivity index (χ0) is 15.0. The first-order valence-electron chi connectivity index (χ1n) is 6.76. The van der Waals surface area contributed by atoms with Crippen molar-refractivity contribution in [3.05, 3.63) is 0 Å². The molecule has 20 heavy (non-hydrogen) atoms. The molecule has 0 aliphatic rings. The van der Waals surface area contributed by atoms with Gasteiger partial charge in [0.2, 0.25) is 17.8 Å². The molecule has 0 unspecified atom stereocenters. The van der Waals surface area contributed by atoms with Crippen LogP contribution in [-0.2, 0) is 4.79 Å². The van der Waals surface area contributed by atoms with Gasteiger partial charge < -0.3 is 20.7 Å². The first-order chi connectivity index (χ1) is 9.60. The summed E-state index contributed by atoms with van der Waals surface area (Å²) in [7, 11) is 0. The summed E-state index contributed by atoms with van der Waals surface area (Å²) in [5, 5.41) is 3.08. The van der Waals surface area contributed by atoms with Gasteiger partial charge in [-0.1, -0.05) is 6.92 Å². The second-order valence-corrected chi connectivity index (χ2v) is 4.08. The van der Waals surface area contributed by atoms with E-state index < -0.39 is 5.91 Å². The van der Waals surface area contributed by atoms with Crippen molar-refractivity contribution >= 4 is 17.8 Å². The maximum Gasteiger partial charge on any atom is 0.323 e. The number of hydrogen-bond donors (Lipinski definition) is 2. The van der Waals surface area contributed by atoms with Crippen LogP contribution in [0, 0.1) is 0 Å². The fraction of sp³-hybridized carbons (Fsp3) is 0.667. The largest absolute Gasteiger partial charge is 0.464 e. The predicted octanol–water partition coefficient (Wildman–Crippen LogP) is 0.404. The third-order valence-electron chi connectivity index (χ3n) is 2.42. The predicted molar refractivity (Wildman–Crippen MR) is 76.9 cm³/mol. The van der Waals surface area contributed by atoms with Crippen molar-refractivity contribution in [3.8, 4) is 6.01 Å². The van der Waals surface area contributed by atoms with Gasteiger partial charge in [-0.15, -0.1) is 0 Å². The number of carbonyl (C=O) groups is 1. The average molecular weight is 282 g/mol. The Morgan fingerprint density at radius 2 is 2.05 bits per heavy atom. The molecule has 0 aromatic carbocycles. The Kier molecular flexibility index (Phi) is 6.48. The zero-order valence-corrected chi connectivity index (χ0v) is 12.2. The minimum absolute atomic E-state index is 0.0549. The summed E-state index contributed by atoms with van der Waals surface area (Å²) >= 11 is 0. The van der Waals surface area contributed by atoms with E-state index in [1.54, 1.807) is 4.90 Å². The molecule has 0 saturated carbocycles. The Hall–Kier alpha value is -2.12. The lowest BCUT2D eigenvalue weighted by Gasteiger charge is -2.19. The Labute approximate surface area is 118 Å². The molecule has 1 heterocycles. The highest BCUT2D eigenvalue weighted by Crippen LogP contribution is 2.14. The molecule has 0 saturated heterocycles. The van der Waals surface area contributed by atoms with Gasteiger partial charge >= 0.3 is 6.01 Å². The van der Waals surface area contributed by atoms with Gasteiger partial charge in [0, 0.05) is 13.1 Å². The van der Waals surface area contributed by atoms with Gasteiger partial charge in [0.25, 0.3) is 0 Å². The zero-order valence-electron chi connectivity index (χ0n) is 12.2. The summed E-state index contributed by atoms with van der Waals surface area (Å²) < 4.78 is 5.32. The fourth-order valence-corrected chi connectivity index (χ4v) is 1.51. The maximum atomic E-state index is 11.1. The number of aromatic nitrogens is 3. The molecule has 0 fully saturated rings. The monoisotopic (exact) mass is 282 g/mol. The number of anilines is 2. The number of amides is 1. The molecule has 1 aromatic heterocycles. The molecule has 0 spiro atoms. The summed E-state index contributed by atoms with van der Waals surface area (Å²) in [6, 6.07) is 0.235. The van der Waals surface area contributed by atoms with Gasteiger partial charge in [-0.3, -0.25) is 4.79 Å². The number of ether oxygens (including phenoxy) is 1. The van der Waals surface area contributed by atoms with Crippen LogP contribution in [0.3, 0.4) is 0 Å². The molecule has 0 aliphatic heterocycles. The van der Waals surface area contributed by atoms with Crippen LogP contribution in [0.15, 0.2) is 0 Å². The lowest BCUT2D eigenvalue weighted by molar-refractivity contribution is -0.116. The number of primary amides is 1. The topological polar surface area (TPSA) is 106 Å². The molecular weight excluding hydrogens is 260 g/mol. The molecule has 1 rings (SSSR count). The van der Waals surface area contributed by atoms with E-state index in [0.29, 0.717) is 25.0 Å². The number of nitrogens with two attached hydrogens (primary N) is 1. The summed E-state index contributed by atoms with van der Waals surface area (Å²) in [5.41, 5.74) is 5.22. The highest BCUT2D eigenvalue weighted by atomic mass is 16.5. The van der Waals surface area contributed by atoms with E-state index in [1.165, 1.54) is 0 Å². The molecule has 0 atom stereocenters. The number of carbonyl (C=O) groups excluding carboxylic acids is 1. The summed E-state index contributed by atoms with van der Waals surface area (Å²) in [5.74, 6) is 0.375. The van der Waals surface area contributed by atoms with Crippen LogP contribution in [0.25, 0.3) is 0 Å². The SMILES string of the molecule is CCCNc1nc(OCC)nc(N(CC)CC(N)=O)n1. The van der Waals surface area contributed by atoms with E-state index in [4.69, 9.17) is 10.5 Å². The third-order valence-corrected chi connectivity index (χ3v) is 2.42. The van der Waals surface area contributed by atoms with E-state index >= 15 is 0 Å². The van der Waals surface area contributed by atoms with Gasteiger partial charge in [-0.2, -0.15) is 15.0 Å². The minimum atomic E-state index is -0.437. The van der Waals surface area contributed by atoms with Gasteiger partial charge in [0.15, 0.2) is 0 Å². The van der Waals surface area contributed by atoms with Crippen LogP contribution in [-0.4, -0.2) is 47.1 Å². The van der Waals surface area contributed by atoms with Crippen LogP contribution in [0.1, 0.15) is 27.2 Å². The number of nitrogens with zero attached hydrogens (tertiary/aromatic N) is 4. The quantitative estimate of drug-likeness (QED) is 0.675. The van der Waals surface area contributed by atoms with Crippen LogP contribution in [0.5, 0.6) is 6.01 Å². The molecule has 0 bridgehead atoms. The number of hydrogen-bond acceptors (Lipinski definition) is 7. The van der Waals surface area contributed by atoms with E-state index in [-0.39, 0.29) is 12.6 Å². The normalized spacial score (nSPS) is 10.2. The Balaban J connectivity index is 3.01. The van der Waals surface area contributed by atoms with Gasteiger partial charge in [0.1, 0.15) is 0 Å². The number of nitrogens with one attached hydrogen (secondary N) is 1. The molecule has 0 radical (unpaired) electrons. The van der Waals surface area contributed by atoms with E-state index in [1.807, 2.05) is 20.8 Å². The standard InChI is InChI=1S/C12H22N6O2/c1-4-7-14-10-15-11(17-12(16-10)20-6-3)18(5-2)8-9(13)19/h4-8H2,1-3H3,(H2,13,19)(H,14,15,16,17). The lowest BCUT2D eigenvalue weighted by atomic mass is 10.5. The molecule has 112 valence electrons. The highest BCUT2D eigenvalue weighted by molar-refractivity contribution is 5.78. The Morgan fingerprint density at radius 3 is 2.60 bits per heavy atom. The minimum Gasteiger partial charge on any atom is -0.464 e. The van der Waals surface area contributed by atoms with Crippen LogP contribution >= 0.6 is 0 Å². The Morgan fingerprint density at radius 1 is 1.30 bits per heavy atom. The molecule has 1 amide bonds. The van der Waals surface area contributed by atoms with Crippen molar-refractivity contribution in [2.75, 3.05) is 36.5 Å². The van der Waals surface area contributed by atoms with Crippen molar-refractivity contribution in [3.63, 3.8) is 0 Å². The van der Waals surface area contributed by atoms with E-state index in [0.717, 1.165) is 13.0 Å². The van der Waals surface area contributed by atoms with Gasteiger partial charge in [-0.05, 0) is 20.3 Å². The van der Waals surface area contributed by atoms with E-state index in [9.17, 15) is 4.79 Å². The second kappa shape index (κ2) is 8.13.